The minimum atomic E-state index is -0.600. The van der Waals surface area contributed by atoms with Gasteiger partial charge in [-0.15, -0.1) is 0 Å². The van der Waals surface area contributed by atoms with Crippen molar-refractivity contribution in [3.05, 3.63) is 29.6 Å². The van der Waals surface area contributed by atoms with Crippen LogP contribution in [0.1, 0.15) is 39.2 Å². The topological polar surface area (TPSA) is 50.8 Å². The van der Waals surface area contributed by atoms with Crippen molar-refractivity contribution in [2.24, 2.45) is 0 Å². The normalized spacial score (nSPS) is 18.1. The van der Waals surface area contributed by atoms with Crippen molar-refractivity contribution in [2.45, 2.75) is 51.8 Å². The molecule has 0 aliphatic carbocycles. The maximum atomic E-state index is 14.3. The van der Waals surface area contributed by atoms with Gasteiger partial charge in [0.2, 0.25) is 0 Å². The molecular weight excluding hydrogens is 311 g/mol. The lowest BCUT2D eigenvalue weighted by molar-refractivity contribution is 0.0110. The molecule has 0 aromatic heterocycles. The molecular formula is C18H27FN2O3. The van der Waals surface area contributed by atoms with Crippen LogP contribution in [0.15, 0.2) is 18.2 Å². The number of hydrogen-bond acceptors (Lipinski definition) is 4. The summed E-state index contributed by atoms with van der Waals surface area (Å²) in [7, 11) is 1.50. The quantitative estimate of drug-likeness (QED) is 0.915. The molecule has 1 fully saturated rings. The van der Waals surface area contributed by atoms with E-state index in [1.807, 2.05) is 20.8 Å². The first kappa shape index (κ1) is 18.5. The van der Waals surface area contributed by atoms with E-state index >= 15 is 0 Å². The average molecular weight is 338 g/mol. The summed E-state index contributed by atoms with van der Waals surface area (Å²) in [4.78, 5) is 14.3. The Morgan fingerprint density at radius 3 is 2.75 bits per heavy atom. The maximum Gasteiger partial charge on any atom is 0.410 e. The van der Waals surface area contributed by atoms with Gasteiger partial charge in [-0.3, -0.25) is 4.90 Å². The number of methoxy groups -OCH3 is 1. The van der Waals surface area contributed by atoms with Crippen LogP contribution >= 0.6 is 0 Å². The highest BCUT2D eigenvalue weighted by Crippen LogP contribution is 2.26. The molecule has 2 rings (SSSR count). The van der Waals surface area contributed by atoms with Gasteiger partial charge in [0.1, 0.15) is 17.2 Å². The molecule has 1 aromatic carbocycles. The van der Waals surface area contributed by atoms with Crippen LogP contribution in [0, 0.1) is 5.82 Å². The second-order valence-corrected chi connectivity index (χ2v) is 7.03. The number of halogens is 1. The van der Waals surface area contributed by atoms with Gasteiger partial charge in [0.05, 0.1) is 13.7 Å². The summed E-state index contributed by atoms with van der Waals surface area (Å²) in [5.74, 6) is 0.0546. The molecule has 1 aromatic rings. The van der Waals surface area contributed by atoms with E-state index in [1.54, 1.807) is 17.0 Å². The summed E-state index contributed by atoms with van der Waals surface area (Å²) >= 11 is 0. The Kier molecular flexibility index (Phi) is 6.04. The average Bonchev–Trinajstić information content (AvgIpc) is 2.52. The zero-order chi connectivity index (χ0) is 17.7. The van der Waals surface area contributed by atoms with Crippen LogP contribution in [0.4, 0.5) is 9.18 Å². The van der Waals surface area contributed by atoms with Crippen LogP contribution in [-0.2, 0) is 11.3 Å². The lowest BCUT2D eigenvalue weighted by Crippen LogP contribution is -2.49. The van der Waals surface area contributed by atoms with Gasteiger partial charge in [-0.1, -0.05) is 6.07 Å². The van der Waals surface area contributed by atoms with Crippen molar-refractivity contribution in [3.8, 4) is 5.75 Å². The van der Waals surface area contributed by atoms with Gasteiger partial charge in [-0.2, -0.15) is 0 Å². The number of hydrogen-bond donors (Lipinski definition) is 1. The van der Waals surface area contributed by atoms with E-state index in [2.05, 4.69) is 5.32 Å². The third-order valence-corrected chi connectivity index (χ3v) is 3.96. The standard InChI is InChI=1S/C18H27FN2O3/c1-18(2,3)24-17(22)21(13-7-6-10-20-11-13)12-14-15(19)8-5-9-16(14)23-4/h5,8-9,13,20H,6-7,10-12H2,1-4H3/t13-/m1/s1. The molecule has 1 saturated heterocycles. The van der Waals surface area contributed by atoms with E-state index in [9.17, 15) is 9.18 Å². The van der Waals surface area contributed by atoms with E-state index in [4.69, 9.17) is 9.47 Å². The van der Waals surface area contributed by atoms with Crippen LogP contribution in [0.5, 0.6) is 5.75 Å². The highest BCUT2D eigenvalue weighted by Gasteiger charge is 2.31. The lowest BCUT2D eigenvalue weighted by Gasteiger charge is -2.36. The number of ether oxygens (including phenoxy) is 2. The number of nitrogens with zero attached hydrogens (tertiary/aromatic N) is 1. The molecule has 1 heterocycles. The summed E-state index contributed by atoms with van der Waals surface area (Å²) < 4.78 is 25.1. The fourth-order valence-electron chi connectivity index (χ4n) is 2.82. The summed E-state index contributed by atoms with van der Waals surface area (Å²) in [6.45, 7) is 7.21. The summed E-state index contributed by atoms with van der Waals surface area (Å²) in [5, 5.41) is 3.29. The maximum absolute atomic E-state index is 14.3. The first-order valence-electron chi connectivity index (χ1n) is 8.33. The number of nitrogens with one attached hydrogen (secondary N) is 1. The molecule has 1 aliphatic heterocycles. The molecule has 24 heavy (non-hydrogen) atoms. The fourth-order valence-corrected chi connectivity index (χ4v) is 2.82. The first-order chi connectivity index (χ1) is 11.3. The predicted molar refractivity (Wildman–Crippen MR) is 90.6 cm³/mol. The number of amides is 1. The molecule has 0 unspecified atom stereocenters. The monoisotopic (exact) mass is 338 g/mol. The van der Waals surface area contributed by atoms with Crippen molar-refractivity contribution in [3.63, 3.8) is 0 Å². The SMILES string of the molecule is COc1cccc(F)c1CN(C(=O)OC(C)(C)C)[C@@H]1CCCNC1. The highest BCUT2D eigenvalue weighted by molar-refractivity contribution is 5.69. The summed E-state index contributed by atoms with van der Waals surface area (Å²) in [6, 6.07) is 4.64. The van der Waals surface area contributed by atoms with Crippen molar-refractivity contribution in [1.29, 1.82) is 0 Å². The number of rotatable bonds is 4. The fraction of sp³-hybridized carbons (Fsp3) is 0.611. The van der Waals surface area contributed by atoms with E-state index in [0.29, 0.717) is 17.9 Å². The minimum Gasteiger partial charge on any atom is -0.496 e. The van der Waals surface area contributed by atoms with Crippen molar-refractivity contribution >= 4 is 6.09 Å². The van der Waals surface area contributed by atoms with Gasteiger partial charge in [0.15, 0.2) is 0 Å². The number of carbonyl (C=O) groups excluding carboxylic acids is 1. The Hall–Kier alpha value is -1.82. The smallest absolute Gasteiger partial charge is 0.410 e. The van der Waals surface area contributed by atoms with Gasteiger partial charge in [-0.25, -0.2) is 9.18 Å². The Labute approximate surface area is 143 Å². The first-order valence-corrected chi connectivity index (χ1v) is 8.33. The zero-order valence-electron chi connectivity index (χ0n) is 14.9. The van der Waals surface area contributed by atoms with Gasteiger partial charge < -0.3 is 14.8 Å². The van der Waals surface area contributed by atoms with Crippen LogP contribution in [0.25, 0.3) is 0 Å². The highest BCUT2D eigenvalue weighted by atomic mass is 19.1. The lowest BCUT2D eigenvalue weighted by atomic mass is 10.0. The van der Waals surface area contributed by atoms with E-state index in [-0.39, 0.29) is 18.4 Å². The van der Waals surface area contributed by atoms with Gasteiger partial charge in [0.25, 0.3) is 0 Å². The third kappa shape index (κ3) is 4.84. The van der Waals surface area contributed by atoms with Gasteiger partial charge >= 0.3 is 6.09 Å². The van der Waals surface area contributed by atoms with Crippen LogP contribution in [0.2, 0.25) is 0 Å². The molecule has 1 aliphatic rings. The zero-order valence-corrected chi connectivity index (χ0v) is 14.9. The Morgan fingerprint density at radius 2 is 2.17 bits per heavy atom. The molecule has 1 N–H and O–H groups in total. The Balaban J connectivity index is 2.27. The molecule has 1 amide bonds. The predicted octanol–water partition coefficient (Wildman–Crippen LogP) is 3.32. The molecule has 0 spiro atoms. The second-order valence-electron chi connectivity index (χ2n) is 7.03. The largest absolute Gasteiger partial charge is 0.496 e. The van der Waals surface area contributed by atoms with Crippen molar-refractivity contribution < 1.29 is 18.7 Å². The third-order valence-electron chi connectivity index (χ3n) is 3.96. The summed E-state index contributed by atoms with van der Waals surface area (Å²) in [6.07, 6.45) is 1.41. The number of carbonyl (C=O) groups is 1. The van der Waals surface area contributed by atoms with Crippen LogP contribution in [0.3, 0.4) is 0 Å². The van der Waals surface area contributed by atoms with E-state index in [1.165, 1.54) is 13.2 Å². The van der Waals surface area contributed by atoms with Gasteiger partial charge in [-0.05, 0) is 52.3 Å². The molecule has 0 radical (unpaired) electrons. The van der Waals surface area contributed by atoms with Crippen molar-refractivity contribution in [2.75, 3.05) is 20.2 Å². The summed E-state index contributed by atoms with van der Waals surface area (Å²) in [5.41, 5.74) is -0.229. The van der Waals surface area contributed by atoms with Crippen molar-refractivity contribution in [1.82, 2.24) is 10.2 Å². The second kappa shape index (κ2) is 7.83. The Morgan fingerprint density at radius 1 is 1.42 bits per heavy atom. The van der Waals surface area contributed by atoms with Crippen LogP contribution < -0.4 is 10.1 Å². The van der Waals surface area contributed by atoms with Crippen LogP contribution in [-0.4, -0.2) is 42.8 Å². The minimum absolute atomic E-state index is 0.0297. The molecule has 134 valence electrons. The van der Waals surface area contributed by atoms with Gasteiger partial charge in [0, 0.05) is 18.2 Å². The Bertz CT molecular complexity index is 566. The van der Waals surface area contributed by atoms with E-state index in [0.717, 1.165) is 19.4 Å². The number of benzene rings is 1. The number of piperidine rings is 1. The molecule has 0 saturated carbocycles. The molecule has 1 atom stereocenters. The molecule has 5 nitrogen and oxygen atoms in total. The molecule has 6 heteroatoms. The van der Waals surface area contributed by atoms with E-state index < -0.39 is 11.7 Å². The molecule has 0 bridgehead atoms.